The number of nitrogens with zero attached hydrogens (tertiary/aromatic N) is 2. The fourth-order valence-electron chi connectivity index (χ4n) is 3.22. The van der Waals surface area contributed by atoms with Crippen LogP contribution in [0.25, 0.3) is 16.9 Å². The Morgan fingerprint density at radius 1 is 1.10 bits per heavy atom. The van der Waals surface area contributed by atoms with Gasteiger partial charge in [-0.1, -0.05) is 31.0 Å². The van der Waals surface area contributed by atoms with E-state index in [1.54, 1.807) is 42.6 Å². The fourth-order valence-corrected chi connectivity index (χ4v) is 3.22. The van der Waals surface area contributed by atoms with E-state index in [0.717, 1.165) is 36.9 Å². The van der Waals surface area contributed by atoms with Crippen molar-refractivity contribution < 1.29 is 9.90 Å². The molecule has 0 aliphatic rings. The standard InChI is InChI=1S/C22H26N4O3/c1-16-20(22(29)26(25-16)19-8-4-6-13-23-19)17-9-11-18(12-10-17)21(28)24-14-5-2-3-7-15-27/h4,6,8-13,25,27H,2-3,5,7,14-15H2,1H3,(H,24,28). The van der Waals surface area contributed by atoms with Gasteiger partial charge in [0.1, 0.15) is 0 Å². The van der Waals surface area contributed by atoms with E-state index in [9.17, 15) is 9.59 Å². The van der Waals surface area contributed by atoms with Crippen molar-refractivity contribution in [3.63, 3.8) is 0 Å². The van der Waals surface area contributed by atoms with Crippen LogP contribution in [-0.4, -0.2) is 38.9 Å². The van der Waals surface area contributed by atoms with Gasteiger partial charge in [-0.15, -0.1) is 0 Å². The number of H-pyrrole nitrogens is 1. The van der Waals surface area contributed by atoms with Crippen LogP contribution in [0.4, 0.5) is 0 Å². The third-order valence-corrected chi connectivity index (χ3v) is 4.76. The number of hydrogen-bond acceptors (Lipinski definition) is 4. The monoisotopic (exact) mass is 394 g/mol. The smallest absolute Gasteiger partial charge is 0.280 e. The van der Waals surface area contributed by atoms with Crippen LogP contribution >= 0.6 is 0 Å². The molecule has 0 aliphatic carbocycles. The van der Waals surface area contributed by atoms with Crippen LogP contribution in [0.15, 0.2) is 53.5 Å². The van der Waals surface area contributed by atoms with Gasteiger partial charge in [0, 0.05) is 30.6 Å². The summed E-state index contributed by atoms with van der Waals surface area (Å²) in [6.45, 7) is 2.66. The molecule has 7 nitrogen and oxygen atoms in total. The first kappa shape index (κ1) is 20.5. The maximum atomic E-state index is 12.9. The van der Waals surface area contributed by atoms with Crippen molar-refractivity contribution in [2.45, 2.75) is 32.6 Å². The molecular formula is C22H26N4O3. The highest BCUT2D eigenvalue weighted by Gasteiger charge is 2.15. The van der Waals surface area contributed by atoms with E-state index in [0.29, 0.717) is 23.5 Å². The molecule has 1 aromatic carbocycles. The first-order chi connectivity index (χ1) is 14.1. The van der Waals surface area contributed by atoms with Gasteiger partial charge >= 0.3 is 0 Å². The van der Waals surface area contributed by atoms with Gasteiger partial charge in [0.15, 0.2) is 5.82 Å². The summed E-state index contributed by atoms with van der Waals surface area (Å²) in [5.41, 5.74) is 2.43. The van der Waals surface area contributed by atoms with Gasteiger partial charge in [0.25, 0.3) is 11.5 Å². The number of aliphatic hydroxyl groups excluding tert-OH is 1. The Hall–Kier alpha value is -3.19. The third-order valence-electron chi connectivity index (χ3n) is 4.76. The summed E-state index contributed by atoms with van der Waals surface area (Å²) in [7, 11) is 0. The molecule has 0 radical (unpaired) electrons. The average Bonchev–Trinajstić information content (AvgIpc) is 3.05. The van der Waals surface area contributed by atoms with Crippen LogP contribution in [0.2, 0.25) is 0 Å². The number of aromatic amines is 1. The van der Waals surface area contributed by atoms with Crippen LogP contribution in [0.3, 0.4) is 0 Å². The van der Waals surface area contributed by atoms with E-state index in [-0.39, 0.29) is 18.1 Å². The summed E-state index contributed by atoms with van der Waals surface area (Å²) in [6, 6.07) is 12.4. The topological polar surface area (TPSA) is 100 Å². The number of aromatic nitrogens is 3. The molecule has 0 saturated carbocycles. The predicted molar refractivity (Wildman–Crippen MR) is 112 cm³/mol. The number of amides is 1. The number of hydrogen-bond donors (Lipinski definition) is 3. The summed E-state index contributed by atoms with van der Waals surface area (Å²) in [4.78, 5) is 29.3. The lowest BCUT2D eigenvalue weighted by Gasteiger charge is -2.06. The number of unbranched alkanes of at least 4 members (excludes halogenated alkanes) is 3. The molecule has 3 aromatic rings. The van der Waals surface area contributed by atoms with Crippen molar-refractivity contribution in [2.24, 2.45) is 0 Å². The molecule has 0 bridgehead atoms. The summed E-state index contributed by atoms with van der Waals surface area (Å²) >= 11 is 0. The Morgan fingerprint density at radius 2 is 1.86 bits per heavy atom. The zero-order valence-corrected chi connectivity index (χ0v) is 16.5. The zero-order valence-electron chi connectivity index (χ0n) is 16.5. The SMILES string of the molecule is Cc1[nH]n(-c2ccccn2)c(=O)c1-c1ccc(C(=O)NCCCCCCO)cc1. The molecule has 2 heterocycles. The van der Waals surface area contributed by atoms with E-state index >= 15 is 0 Å². The van der Waals surface area contributed by atoms with Gasteiger partial charge in [0.05, 0.1) is 5.56 Å². The molecule has 0 aliphatic heterocycles. The normalized spacial score (nSPS) is 10.8. The molecule has 0 fully saturated rings. The Kier molecular flexibility index (Phi) is 6.97. The zero-order chi connectivity index (χ0) is 20.6. The van der Waals surface area contributed by atoms with Crippen LogP contribution < -0.4 is 10.9 Å². The van der Waals surface area contributed by atoms with E-state index in [4.69, 9.17) is 5.11 Å². The Bertz CT molecular complexity index is 991. The fraction of sp³-hybridized carbons (Fsp3) is 0.318. The number of rotatable bonds is 9. The number of pyridine rings is 1. The van der Waals surface area contributed by atoms with Gasteiger partial charge in [-0.3, -0.25) is 14.7 Å². The first-order valence-corrected chi connectivity index (χ1v) is 9.84. The maximum Gasteiger partial charge on any atom is 0.280 e. The lowest BCUT2D eigenvalue weighted by molar-refractivity contribution is 0.0953. The summed E-state index contributed by atoms with van der Waals surface area (Å²) < 4.78 is 1.42. The van der Waals surface area contributed by atoms with Crippen LogP contribution in [0.5, 0.6) is 0 Å². The molecule has 0 saturated heterocycles. The van der Waals surface area contributed by atoms with Crippen molar-refractivity contribution in [3.8, 4) is 16.9 Å². The van der Waals surface area contributed by atoms with Crippen LogP contribution in [-0.2, 0) is 0 Å². The number of carbonyl (C=O) groups excluding carboxylic acids is 1. The largest absolute Gasteiger partial charge is 0.396 e. The molecule has 0 spiro atoms. The van der Waals surface area contributed by atoms with Crippen molar-refractivity contribution >= 4 is 5.91 Å². The van der Waals surface area contributed by atoms with Crippen LogP contribution in [0.1, 0.15) is 41.7 Å². The van der Waals surface area contributed by atoms with Crippen LogP contribution in [0, 0.1) is 6.92 Å². The summed E-state index contributed by atoms with van der Waals surface area (Å²) in [5, 5.41) is 14.7. The Balaban J connectivity index is 1.68. The van der Waals surface area contributed by atoms with E-state index < -0.39 is 0 Å². The molecule has 7 heteroatoms. The highest BCUT2D eigenvalue weighted by molar-refractivity contribution is 5.94. The molecule has 3 N–H and O–H groups in total. The highest BCUT2D eigenvalue weighted by atomic mass is 16.3. The van der Waals surface area contributed by atoms with E-state index in [1.165, 1.54) is 4.68 Å². The average molecular weight is 394 g/mol. The van der Waals surface area contributed by atoms with Gasteiger partial charge < -0.3 is 10.4 Å². The number of benzene rings is 1. The molecule has 2 aromatic heterocycles. The lowest BCUT2D eigenvalue weighted by atomic mass is 10.0. The van der Waals surface area contributed by atoms with Gasteiger partial charge in [-0.2, -0.15) is 0 Å². The maximum absolute atomic E-state index is 12.9. The second-order valence-electron chi connectivity index (χ2n) is 6.91. The highest BCUT2D eigenvalue weighted by Crippen LogP contribution is 2.20. The van der Waals surface area contributed by atoms with E-state index in [2.05, 4.69) is 15.4 Å². The molecular weight excluding hydrogens is 368 g/mol. The first-order valence-electron chi connectivity index (χ1n) is 9.84. The molecule has 3 rings (SSSR count). The number of nitrogens with one attached hydrogen (secondary N) is 2. The Morgan fingerprint density at radius 3 is 2.55 bits per heavy atom. The van der Waals surface area contributed by atoms with Crippen molar-refractivity contribution in [1.29, 1.82) is 0 Å². The predicted octanol–water partition coefficient (Wildman–Crippen LogP) is 2.82. The summed E-state index contributed by atoms with van der Waals surface area (Å²) in [6.07, 6.45) is 5.27. The quantitative estimate of drug-likeness (QED) is 0.486. The second-order valence-corrected chi connectivity index (χ2v) is 6.91. The molecule has 29 heavy (non-hydrogen) atoms. The summed E-state index contributed by atoms with van der Waals surface area (Å²) in [5.74, 6) is 0.400. The second kappa shape index (κ2) is 9.84. The molecule has 0 unspecified atom stereocenters. The minimum atomic E-state index is -0.179. The van der Waals surface area contributed by atoms with Crippen molar-refractivity contribution in [1.82, 2.24) is 20.1 Å². The van der Waals surface area contributed by atoms with Gasteiger partial charge in [-0.05, 0) is 49.6 Å². The number of aliphatic hydroxyl groups is 1. The van der Waals surface area contributed by atoms with Crippen molar-refractivity contribution in [2.75, 3.05) is 13.2 Å². The molecule has 0 atom stereocenters. The minimum Gasteiger partial charge on any atom is -0.396 e. The minimum absolute atomic E-state index is 0.129. The van der Waals surface area contributed by atoms with E-state index in [1.807, 2.05) is 13.0 Å². The molecule has 152 valence electrons. The number of aryl methyl sites for hydroxylation is 1. The van der Waals surface area contributed by atoms with Gasteiger partial charge in [0.2, 0.25) is 0 Å². The van der Waals surface area contributed by atoms with Crippen molar-refractivity contribution in [3.05, 3.63) is 70.3 Å². The number of carbonyl (C=O) groups is 1. The Labute approximate surface area is 169 Å². The third kappa shape index (κ3) is 5.00. The lowest BCUT2D eigenvalue weighted by Crippen LogP contribution is -2.24. The molecule has 1 amide bonds. The van der Waals surface area contributed by atoms with Gasteiger partial charge in [-0.25, -0.2) is 9.67 Å².